The predicted octanol–water partition coefficient (Wildman–Crippen LogP) is 4.79. The first kappa shape index (κ1) is 15.0. The van der Waals surface area contributed by atoms with Crippen LogP contribution in [0.1, 0.15) is 64.7 Å². The van der Waals surface area contributed by atoms with Crippen molar-refractivity contribution in [3.05, 3.63) is 11.8 Å². The fourth-order valence-corrected chi connectivity index (χ4v) is 3.91. The van der Waals surface area contributed by atoms with Gasteiger partial charge in [-0.25, -0.2) is 0 Å². The van der Waals surface area contributed by atoms with Crippen LogP contribution >= 0.6 is 0 Å². The number of hydrogen-bond acceptors (Lipinski definition) is 1. The molecule has 0 bridgehead atoms. The molecule has 0 N–H and O–H groups in total. The Labute approximate surface area is 125 Å². The molecular weight excluding hydrogens is 273 g/mol. The van der Waals surface area contributed by atoms with E-state index in [1.165, 1.54) is 6.42 Å². The Morgan fingerprint density at radius 1 is 1.00 bits per heavy atom. The van der Waals surface area contributed by atoms with Gasteiger partial charge in [0.1, 0.15) is 0 Å². The largest absolute Gasteiger partial charge is 0.994 e. The lowest BCUT2D eigenvalue weighted by Gasteiger charge is -2.32. The van der Waals surface area contributed by atoms with Crippen LogP contribution in [-0.2, 0) is 9.00 Å². The molecule has 2 aliphatic carbocycles. The molecule has 5 heteroatoms. The summed E-state index contributed by atoms with van der Waals surface area (Å²) in [6.07, 6.45) is 11.3. The molecule has 0 unspecified atom stereocenters. The molecule has 3 rings (SSSR count). The quantitative estimate of drug-likeness (QED) is 0.530. The zero-order chi connectivity index (χ0) is 14.9. The summed E-state index contributed by atoms with van der Waals surface area (Å²) >= 11 is 0. The molecule has 118 valence electrons. The minimum atomic E-state index is -4.17. The van der Waals surface area contributed by atoms with E-state index in [2.05, 4.69) is 6.92 Å². The van der Waals surface area contributed by atoms with Gasteiger partial charge in [0.15, 0.2) is 0 Å². The van der Waals surface area contributed by atoms with E-state index in [0.29, 0.717) is 17.5 Å². The number of hydrogen-bond donors (Lipinski definition) is 0. The van der Waals surface area contributed by atoms with Gasteiger partial charge in [-0.1, -0.05) is 39.0 Å². The van der Waals surface area contributed by atoms with Gasteiger partial charge in [0.25, 0.3) is 5.78 Å². The molecule has 2 fully saturated rings. The van der Waals surface area contributed by atoms with E-state index in [4.69, 9.17) is 9.00 Å². The Morgan fingerprint density at radius 2 is 1.67 bits per heavy atom. The Morgan fingerprint density at radius 3 is 2.33 bits per heavy atom. The number of halogens is 2. The summed E-state index contributed by atoms with van der Waals surface area (Å²) < 4.78 is 37.5. The molecule has 0 radical (unpaired) electrons. The van der Waals surface area contributed by atoms with Crippen LogP contribution in [0.15, 0.2) is 11.8 Å². The van der Waals surface area contributed by atoms with Crippen LogP contribution in [0.4, 0.5) is 8.63 Å². The van der Waals surface area contributed by atoms with Gasteiger partial charge in [0.2, 0.25) is 0 Å². The van der Waals surface area contributed by atoms with Gasteiger partial charge in [-0.2, -0.15) is 0 Å². The summed E-state index contributed by atoms with van der Waals surface area (Å²) in [4.78, 5) is 0. The Bertz CT molecular complexity index is 434. The third-order valence-corrected chi connectivity index (χ3v) is 5.26. The van der Waals surface area contributed by atoms with Crippen molar-refractivity contribution in [3.8, 4) is 0 Å². The lowest BCUT2D eigenvalue weighted by molar-refractivity contribution is -0.368. The second kappa shape index (κ2) is 6.09. The van der Waals surface area contributed by atoms with E-state index in [9.17, 15) is 8.63 Å². The Balaban J connectivity index is 1.76. The smallest absolute Gasteiger partial charge is 0.572 e. The van der Waals surface area contributed by atoms with Crippen LogP contribution < -0.4 is 0 Å². The number of carbonyl (C=O) groups excluding carboxylic acids is 1. The second-order valence-electron chi connectivity index (χ2n) is 7.01. The van der Waals surface area contributed by atoms with E-state index in [0.717, 1.165) is 51.4 Å². The fourth-order valence-electron chi connectivity index (χ4n) is 3.91. The van der Waals surface area contributed by atoms with Crippen LogP contribution in [-0.4, -0.2) is 12.9 Å². The summed E-state index contributed by atoms with van der Waals surface area (Å²) in [7, 11) is -4.17. The zero-order valence-electron chi connectivity index (χ0n) is 12.8. The van der Waals surface area contributed by atoms with Crippen molar-refractivity contribution >= 4 is 12.9 Å². The van der Waals surface area contributed by atoms with Crippen molar-refractivity contribution in [1.82, 2.24) is 0 Å². The van der Waals surface area contributed by atoms with Crippen LogP contribution in [0.25, 0.3) is 0 Å². The molecule has 2 saturated carbocycles. The molecule has 3 aliphatic rings. The molecule has 0 saturated heterocycles. The summed E-state index contributed by atoms with van der Waals surface area (Å²) in [5.41, 5.74) is 0. The van der Waals surface area contributed by atoms with Gasteiger partial charge in [0, 0.05) is 5.92 Å². The maximum absolute atomic E-state index is 13.8. The number of ketones is 1. The maximum atomic E-state index is 13.8. The van der Waals surface area contributed by atoms with Gasteiger partial charge in [-0.05, 0) is 31.6 Å². The SMILES string of the molecule is CC1CCC(C2=CC(C3CCCCC3)=[O+][B-](F)(F)O2)CC1. The van der Waals surface area contributed by atoms with Crippen molar-refractivity contribution in [2.75, 3.05) is 0 Å². The molecule has 1 heterocycles. The van der Waals surface area contributed by atoms with Crippen LogP contribution in [0.3, 0.4) is 0 Å². The minimum Gasteiger partial charge on any atom is -0.572 e. The van der Waals surface area contributed by atoms with Crippen molar-refractivity contribution < 1.29 is 17.6 Å². The lowest BCUT2D eigenvalue weighted by Crippen LogP contribution is -2.39. The fraction of sp³-hybridized carbons (Fsp3) is 0.812. The van der Waals surface area contributed by atoms with Crippen LogP contribution in [0.5, 0.6) is 0 Å². The third-order valence-electron chi connectivity index (χ3n) is 5.26. The van der Waals surface area contributed by atoms with E-state index in [1.54, 1.807) is 6.08 Å². The highest BCUT2D eigenvalue weighted by molar-refractivity contribution is 6.50. The first-order chi connectivity index (χ1) is 10.0. The topological polar surface area (TPSA) is 20.5 Å². The second-order valence-corrected chi connectivity index (χ2v) is 7.01. The monoisotopic (exact) mass is 298 g/mol. The summed E-state index contributed by atoms with van der Waals surface area (Å²) in [6.45, 7) is 2.23. The molecule has 2 nitrogen and oxygen atoms in total. The maximum Gasteiger partial charge on any atom is 0.994 e. The van der Waals surface area contributed by atoms with E-state index in [-0.39, 0.29) is 11.8 Å². The molecule has 0 atom stereocenters. The first-order valence-corrected chi connectivity index (χ1v) is 8.50. The Kier molecular flexibility index (Phi) is 4.37. The van der Waals surface area contributed by atoms with Gasteiger partial charge < -0.3 is 17.6 Å². The Hall–Kier alpha value is -0.865. The first-order valence-electron chi connectivity index (χ1n) is 8.50. The highest BCUT2D eigenvalue weighted by Gasteiger charge is 2.54. The van der Waals surface area contributed by atoms with Gasteiger partial charge >= 0.3 is 7.11 Å². The lowest BCUT2D eigenvalue weighted by atomic mass is 9.80. The third kappa shape index (κ3) is 3.67. The minimum absolute atomic E-state index is 0.149. The molecule has 0 spiro atoms. The zero-order valence-corrected chi connectivity index (χ0v) is 12.8. The van der Waals surface area contributed by atoms with Crippen LogP contribution in [0.2, 0.25) is 0 Å². The van der Waals surface area contributed by atoms with E-state index < -0.39 is 7.11 Å². The van der Waals surface area contributed by atoms with Crippen molar-refractivity contribution in [2.24, 2.45) is 17.8 Å². The summed E-state index contributed by atoms with van der Waals surface area (Å²) in [5.74, 6) is 1.98. The molecule has 0 aromatic carbocycles. The highest BCUT2D eigenvalue weighted by Crippen LogP contribution is 2.37. The van der Waals surface area contributed by atoms with Gasteiger partial charge in [-0.3, -0.25) is 0 Å². The van der Waals surface area contributed by atoms with Gasteiger partial charge in [-0.15, -0.1) is 0 Å². The molecule has 1 aliphatic heterocycles. The summed E-state index contributed by atoms with van der Waals surface area (Å²) in [6, 6.07) is 0. The number of rotatable bonds is 2. The normalized spacial score (nSPS) is 33.9. The molecule has 0 aromatic rings. The van der Waals surface area contributed by atoms with Crippen LogP contribution in [0, 0.1) is 17.8 Å². The standard InChI is InChI=1S/C16H25BF2O2/c1-12-7-9-14(10-8-12)16-11-15(20-17(18,19)21-16)13-5-3-2-4-6-13/h11-14H,2-10H2,1H3. The molecule has 0 amide bonds. The van der Waals surface area contributed by atoms with Crippen molar-refractivity contribution in [3.63, 3.8) is 0 Å². The highest BCUT2D eigenvalue weighted by atomic mass is 19.3. The van der Waals surface area contributed by atoms with E-state index in [1.807, 2.05) is 0 Å². The average Bonchev–Trinajstić information content (AvgIpc) is 2.47. The van der Waals surface area contributed by atoms with E-state index >= 15 is 0 Å². The number of allylic oxidation sites excluding steroid dienone is 2. The summed E-state index contributed by atoms with van der Waals surface area (Å²) in [5, 5.41) is 0. The molecular formula is C16H25BF2O2. The molecule has 0 aromatic heterocycles. The molecule has 21 heavy (non-hydrogen) atoms. The van der Waals surface area contributed by atoms with Crippen molar-refractivity contribution in [2.45, 2.75) is 64.7 Å². The van der Waals surface area contributed by atoms with Gasteiger partial charge in [0.05, 0.1) is 17.8 Å². The average molecular weight is 298 g/mol. The predicted molar refractivity (Wildman–Crippen MR) is 79.8 cm³/mol. The van der Waals surface area contributed by atoms with Crippen molar-refractivity contribution in [1.29, 1.82) is 0 Å².